The summed E-state index contributed by atoms with van der Waals surface area (Å²) in [6.07, 6.45) is 0. The van der Waals surface area contributed by atoms with Crippen LogP contribution in [0.1, 0.15) is 10.4 Å². The molecule has 0 saturated heterocycles. The Morgan fingerprint density at radius 1 is 1.09 bits per heavy atom. The van der Waals surface area contributed by atoms with Crippen molar-refractivity contribution in [3.05, 3.63) is 58.6 Å². The zero-order valence-corrected chi connectivity index (χ0v) is 13.0. The van der Waals surface area contributed by atoms with Crippen LogP contribution >= 0.6 is 15.9 Å². The summed E-state index contributed by atoms with van der Waals surface area (Å²) in [5.74, 6) is -0.541. The average Bonchev–Trinajstić information content (AvgIpc) is 2.50. The average molecular weight is 365 g/mol. The minimum atomic E-state index is -0.535. The number of rotatable bonds is 4. The molecule has 0 aliphatic rings. The quantitative estimate of drug-likeness (QED) is 0.724. The number of carbonyl (C=O) groups excluding carboxylic acids is 2. The number of phenols is 1. The number of nitrogens with one attached hydrogen (secondary N) is 2. The monoisotopic (exact) mass is 364 g/mol. The Labute approximate surface area is 135 Å². The fourth-order valence-electron chi connectivity index (χ4n) is 1.59. The number of hydrogen-bond donors (Lipinski definition) is 3. The molecule has 0 aliphatic heterocycles. The molecule has 0 spiro atoms. The highest BCUT2D eigenvalue weighted by atomic mass is 79.9. The molecule has 7 heteroatoms. The van der Waals surface area contributed by atoms with Gasteiger partial charge < -0.3 is 9.84 Å². The first-order valence-electron chi connectivity index (χ1n) is 6.31. The van der Waals surface area contributed by atoms with Crippen LogP contribution in [0.4, 0.5) is 0 Å². The summed E-state index contributed by atoms with van der Waals surface area (Å²) in [6, 6.07) is 12.8. The van der Waals surface area contributed by atoms with E-state index >= 15 is 0 Å². The lowest BCUT2D eigenvalue weighted by atomic mass is 10.2. The van der Waals surface area contributed by atoms with Crippen LogP contribution in [-0.2, 0) is 4.79 Å². The number of carbonyl (C=O) groups is 2. The van der Waals surface area contributed by atoms with Crippen molar-refractivity contribution in [2.45, 2.75) is 0 Å². The molecule has 0 fully saturated rings. The van der Waals surface area contributed by atoms with Gasteiger partial charge in [-0.3, -0.25) is 20.4 Å². The van der Waals surface area contributed by atoms with E-state index < -0.39 is 11.8 Å². The Hall–Kier alpha value is -2.54. The molecule has 2 aromatic carbocycles. The first-order valence-corrected chi connectivity index (χ1v) is 7.10. The number of phenolic OH excluding ortho intramolecular Hbond substituents is 1. The molecule has 0 aromatic heterocycles. The van der Waals surface area contributed by atoms with Gasteiger partial charge in [-0.15, -0.1) is 0 Å². The summed E-state index contributed by atoms with van der Waals surface area (Å²) in [7, 11) is 0. The topological polar surface area (TPSA) is 87.7 Å². The summed E-state index contributed by atoms with van der Waals surface area (Å²) in [5, 5.41) is 9.28. The van der Waals surface area contributed by atoms with E-state index in [1.807, 2.05) is 6.07 Å². The van der Waals surface area contributed by atoms with Crippen LogP contribution in [0.15, 0.2) is 53.0 Å². The van der Waals surface area contributed by atoms with Gasteiger partial charge in [0, 0.05) is 10.0 Å². The molecule has 0 aliphatic carbocycles. The van der Waals surface area contributed by atoms with E-state index in [2.05, 4.69) is 26.8 Å². The third kappa shape index (κ3) is 4.78. The molecular formula is C15H13BrN2O4. The first kappa shape index (κ1) is 15.8. The van der Waals surface area contributed by atoms with Crippen molar-refractivity contribution in [2.24, 2.45) is 0 Å². The van der Waals surface area contributed by atoms with Crippen molar-refractivity contribution in [2.75, 3.05) is 6.61 Å². The Kier molecular flexibility index (Phi) is 5.37. The van der Waals surface area contributed by atoms with Crippen LogP contribution in [-0.4, -0.2) is 23.5 Å². The second-order valence-electron chi connectivity index (χ2n) is 4.30. The van der Waals surface area contributed by atoms with Crippen LogP contribution in [0.2, 0.25) is 0 Å². The number of hydrazine groups is 1. The summed E-state index contributed by atoms with van der Waals surface area (Å²) in [6.45, 7) is -0.239. The minimum absolute atomic E-state index is 0.0306. The maximum atomic E-state index is 11.7. The minimum Gasteiger partial charge on any atom is -0.508 e. The largest absolute Gasteiger partial charge is 0.508 e. The fourth-order valence-corrected chi connectivity index (χ4v) is 1.97. The van der Waals surface area contributed by atoms with E-state index in [1.165, 1.54) is 24.3 Å². The highest BCUT2D eigenvalue weighted by molar-refractivity contribution is 9.10. The highest BCUT2D eigenvalue weighted by Crippen LogP contribution is 2.17. The molecule has 0 bridgehead atoms. The maximum absolute atomic E-state index is 11.7. The standard InChI is InChI=1S/C15H13BrN2O4/c16-11-4-2-6-13(8-11)22-9-14(20)17-18-15(21)10-3-1-5-12(19)7-10/h1-8,19H,9H2,(H,17,20)(H,18,21). The van der Waals surface area contributed by atoms with Crippen LogP contribution in [0.25, 0.3) is 0 Å². The van der Waals surface area contributed by atoms with Gasteiger partial charge in [0.1, 0.15) is 11.5 Å². The van der Waals surface area contributed by atoms with E-state index in [1.54, 1.807) is 18.2 Å². The normalized spacial score (nSPS) is 9.86. The number of halogens is 1. The Bertz CT molecular complexity index is 691. The van der Waals surface area contributed by atoms with Crippen molar-refractivity contribution in [3.63, 3.8) is 0 Å². The third-order valence-electron chi connectivity index (χ3n) is 2.59. The maximum Gasteiger partial charge on any atom is 0.276 e. The van der Waals surface area contributed by atoms with Crippen molar-refractivity contribution < 1.29 is 19.4 Å². The lowest BCUT2D eigenvalue weighted by Crippen LogP contribution is -2.43. The molecule has 2 rings (SSSR count). The number of hydrogen-bond acceptors (Lipinski definition) is 4. The van der Waals surface area contributed by atoms with Crippen molar-refractivity contribution in [1.82, 2.24) is 10.9 Å². The number of amides is 2. The van der Waals surface area contributed by atoms with E-state index in [0.29, 0.717) is 5.75 Å². The van der Waals surface area contributed by atoms with Gasteiger partial charge in [-0.2, -0.15) is 0 Å². The summed E-state index contributed by atoms with van der Waals surface area (Å²) in [4.78, 5) is 23.3. The molecule has 2 aromatic rings. The molecule has 3 N–H and O–H groups in total. The van der Waals surface area contributed by atoms with Gasteiger partial charge in [-0.05, 0) is 36.4 Å². The van der Waals surface area contributed by atoms with Crippen molar-refractivity contribution in [3.8, 4) is 11.5 Å². The first-order chi connectivity index (χ1) is 10.5. The Balaban J connectivity index is 1.79. The van der Waals surface area contributed by atoms with Gasteiger partial charge in [-0.1, -0.05) is 28.1 Å². The molecule has 6 nitrogen and oxygen atoms in total. The zero-order chi connectivity index (χ0) is 15.9. The van der Waals surface area contributed by atoms with Gasteiger partial charge in [0.2, 0.25) is 0 Å². The molecule has 0 radical (unpaired) electrons. The van der Waals surface area contributed by atoms with Gasteiger partial charge in [0.15, 0.2) is 6.61 Å². The summed E-state index contributed by atoms with van der Waals surface area (Å²) < 4.78 is 6.11. The second kappa shape index (κ2) is 7.46. The lowest BCUT2D eigenvalue weighted by molar-refractivity contribution is -0.123. The molecule has 0 saturated carbocycles. The van der Waals surface area contributed by atoms with Crippen LogP contribution in [0.5, 0.6) is 11.5 Å². The molecule has 0 heterocycles. The Morgan fingerprint density at radius 2 is 1.86 bits per heavy atom. The van der Waals surface area contributed by atoms with E-state index in [4.69, 9.17) is 4.74 Å². The predicted octanol–water partition coefficient (Wildman–Crippen LogP) is 1.99. The van der Waals surface area contributed by atoms with Gasteiger partial charge in [0.25, 0.3) is 11.8 Å². The number of benzene rings is 2. The van der Waals surface area contributed by atoms with Crippen molar-refractivity contribution >= 4 is 27.7 Å². The summed E-state index contributed by atoms with van der Waals surface area (Å²) >= 11 is 3.29. The van der Waals surface area contributed by atoms with Gasteiger partial charge in [0.05, 0.1) is 0 Å². The van der Waals surface area contributed by atoms with E-state index in [-0.39, 0.29) is 17.9 Å². The predicted molar refractivity (Wildman–Crippen MR) is 83.4 cm³/mol. The molecular weight excluding hydrogens is 352 g/mol. The van der Waals surface area contributed by atoms with Crippen LogP contribution in [0.3, 0.4) is 0 Å². The molecule has 2 amide bonds. The smallest absolute Gasteiger partial charge is 0.276 e. The van der Waals surface area contributed by atoms with Crippen molar-refractivity contribution in [1.29, 1.82) is 0 Å². The number of ether oxygens (including phenoxy) is 1. The summed E-state index contributed by atoms with van der Waals surface area (Å²) in [5.41, 5.74) is 4.69. The van der Waals surface area contributed by atoms with E-state index in [9.17, 15) is 14.7 Å². The third-order valence-corrected chi connectivity index (χ3v) is 3.08. The van der Waals surface area contributed by atoms with Crippen LogP contribution in [0, 0.1) is 0 Å². The van der Waals surface area contributed by atoms with Gasteiger partial charge in [-0.25, -0.2) is 0 Å². The second-order valence-corrected chi connectivity index (χ2v) is 5.21. The lowest BCUT2D eigenvalue weighted by Gasteiger charge is -2.09. The molecule has 0 unspecified atom stereocenters. The number of aromatic hydroxyl groups is 1. The van der Waals surface area contributed by atoms with Crippen LogP contribution < -0.4 is 15.6 Å². The highest BCUT2D eigenvalue weighted by Gasteiger charge is 2.08. The van der Waals surface area contributed by atoms with E-state index in [0.717, 1.165) is 4.47 Å². The molecule has 114 valence electrons. The molecule has 0 atom stereocenters. The molecule has 22 heavy (non-hydrogen) atoms. The fraction of sp³-hybridized carbons (Fsp3) is 0.0667. The SMILES string of the molecule is O=C(COc1cccc(Br)c1)NNC(=O)c1cccc(O)c1. The van der Waals surface area contributed by atoms with Gasteiger partial charge >= 0.3 is 0 Å². The zero-order valence-electron chi connectivity index (χ0n) is 11.4. The Morgan fingerprint density at radius 3 is 2.59 bits per heavy atom.